The molecule has 1 saturated heterocycles. The molecule has 0 spiro atoms. The molecule has 1 rings (SSSR count). The fourth-order valence-electron chi connectivity index (χ4n) is 8.40. The zero-order valence-electron chi connectivity index (χ0n) is 43.3. The lowest BCUT2D eigenvalue weighted by Crippen LogP contribution is -2.60. The van der Waals surface area contributed by atoms with Crippen molar-refractivity contribution in [2.45, 2.75) is 281 Å². The van der Waals surface area contributed by atoms with Gasteiger partial charge in [0.25, 0.3) is 0 Å². The van der Waals surface area contributed by atoms with Crippen LogP contribution in [0.15, 0.2) is 48.6 Å². The minimum atomic E-state index is -1.58. The van der Waals surface area contributed by atoms with Crippen LogP contribution in [0, 0.1) is 0 Å². The van der Waals surface area contributed by atoms with Gasteiger partial charge in [0, 0.05) is 12.8 Å². The number of rotatable bonds is 47. The quantitative estimate of drug-likeness (QED) is 0.0149. The molecule has 6 N–H and O–H groups in total. The van der Waals surface area contributed by atoms with Gasteiger partial charge in [-0.3, -0.25) is 9.59 Å². The molecule has 1 aliphatic rings. The summed E-state index contributed by atoms with van der Waals surface area (Å²) in [4.78, 5) is 25.0. The Kier molecular flexibility index (Phi) is 44.0. The van der Waals surface area contributed by atoms with Crippen LogP contribution >= 0.6 is 0 Å². The molecule has 7 atom stereocenters. The van der Waals surface area contributed by atoms with Crippen molar-refractivity contribution in [3.8, 4) is 0 Å². The third-order valence-corrected chi connectivity index (χ3v) is 12.9. The van der Waals surface area contributed by atoms with Gasteiger partial charge in [0.1, 0.15) is 24.4 Å². The molecule has 0 radical (unpaired) electrons. The molecule has 0 aromatic heterocycles. The molecule has 0 bridgehead atoms. The van der Waals surface area contributed by atoms with Crippen LogP contribution in [0.25, 0.3) is 0 Å². The van der Waals surface area contributed by atoms with E-state index in [1.54, 1.807) is 6.08 Å². The van der Waals surface area contributed by atoms with Gasteiger partial charge in [-0.1, -0.05) is 191 Å². The summed E-state index contributed by atoms with van der Waals surface area (Å²) in [5, 5.41) is 54.3. The fourth-order valence-corrected chi connectivity index (χ4v) is 8.40. The minimum Gasteiger partial charge on any atom is -0.466 e. The summed E-state index contributed by atoms with van der Waals surface area (Å²) in [7, 11) is 0. The molecular formula is C57H103NO10. The molecule has 0 aliphatic carbocycles. The van der Waals surface area contributed by atoms with E-state index in [4.69, 9.17) is 14.2 Å². The van der Waals surface area contributed by atoms with Crippen LogP contribution in [0.3, 0.4) is 0 Å². The zero-order chi connectivity index (χ0) is 49.6. The van der Waals surface area contributed by atoms with E-state index < -0.39 is 49.5 Å². The number of aliphatic hydroxyl groups is 5. The number of ether oxygens (including phenoxy) is 3. The number of nitrogens with one attached hydrogen (secondary N) is 1. The standard InChI is InChI=1S/C57H103NO10/c1-3-5-7-9-11-13-15-16-20-24-27-31-35-39-43-50(60)49(48-67-57-56(65)55(64)54(63)51(47-59)68-57)58-52(61)44-40-36-32-28-25-21-18-17-19-22-26-30-34-38-42-46-66-53(62)45-41-37-33-29-23-14-12-10-8-6-4-2/h10,12,17,19,22,26,39,43,49-51,54-57,59-60,63-65H,3-9,11,13-16,18,20-21,23-25,27-38,40-42,44-48H2,1-2H3,(H,58,61)/b12-10-,19-17-,26-22-,43-39+. The summed E-state index contributed by atoms with van der Waals surface area (Å²) in [6.07, 6.45) is 47.5. The second kappa shape index (κ2) is 47.0. The molecule has 1 amide bonds. The summed E-state index contributed by atoms with van der Waals surface area (Å²) in [6, 6.07) is -0.827. The highest BCUT2D eigenvalue weighted by atomic mass is 16.7. The van der Waals surface area contributed by atoms with Crippen LogP contribution in [0.5, 0.6) is 0 Å². The minimum absolute atomic E-state index is 0.0527. The second-order valence-corrected chi connectivity index (χ2v) is 19.3. The molecular weight excluding hydrogens is 859 g/mol. The van der Waals surface area contributed by atoms with E-state index in [2.05, 4.69) is 55.6 Å². The normalized spacial score (nSPS) is 19.8. The topological polar surface area (TPSA) is 175 Å². The first-order chi connectivity index (χ1) is 33.2. The predicted octanol–water partition coefficient (Wildman–Crippen LogP) is 12.1. The molecule has 1 heterocycles. The van der Waals surface area contributed by atoms with E-state index in [0.717, 1.165) is 103 Å². The van der Waals surface area contributed by atoms with Crippen LogP contribution in [-0.4, -0.2) is 100 Å². The number of hydrogen-bond acceptors (Lipinski definition) is 10. The van der Waals surface area contributed by atoms with Gasteiger partial charge < -0.3 is 45.1 Å². The number of allylic oxidation sites excluding steroid dienone is 7. The maximum atomic E-state index is 13.0. The Morgan fingerprint density at radius 2 is 1.00 bits per heavy atom. The largest absolute Gasteiger partial charge is 0.466 e. The Morgan fingerprint density at radius 1 is 0.544 bits per heavy atom. The molecule has 0 aromatic carbocycles. The highest BCUT2D eigenvalue weighted by Gasteiger charge is 2.44. The monoisotopic (exact) mass is 962 g/mol. The van der Waals surface area contributed by atoms with Gasteiger partial charge in [-0.05, 0) is 83.5 Å². The zero-order valence-corrected chi connectivity index (χ0v) is 43.3. The Bertz CT molecular complexity index is 1270. The Morgan fingerprint density at radius 3 is 1.54 bits per heavy atom. The van der Waals surface area contributed by atoms with E-state index in [9.17, 15) is 35.1 Å². The lowest BCUT2D eigenvalue weighted by atomic mass is 9.99. The Hall–Kier alpha value is -2.38. The van der Waals surface area contributed by atoms with Crippen LogP contribution in [0.2, 0.25) is 0 Å². The van der Waals surface area contributed by atoms with Gasteiger partial charge >= 0.3 is 5.97 Å². The number of amides is 1. The maximum Gasteiger partial charge on any atom is 0.305 e. The molecule has 0 aromatic rings. The van der Waals surface area contributed by atoms with Crippen molar-refractivity contribution in [3.63, 3.8) is 0 Å². The first-order valence-electron chi connectivity index (χ1n) is 27.9. The molecule has 1 aliphatic heterocycles. The molecule has 1 fully saturated rings. The number of aliphatic hydroxyl groups excluding tert-OH is 5. The fraction of sp³-hybridized carbons (Fsp3) is 0.825. The SMILES string of the molecule is CCCC/C=C\CCCCCCCC(=O)OCCCCC/C=C\C=C/CCCCCCCCC(=O)NC(COC1OC(CO)C(O)C(O)C1O)C(O)/C=C/CCCCCCCCCCCCCC. The summed E-state index contributed by atoms with van der Waals surface area (Å²) in [6.45, 7) is 4.22. The van der Waals surface area contributed by atoms with Crippen molar-refractivity contribution in [1.29, 1.82) is 0 Å². The highest BCUT2D eigenvalue weighted by molar-refractivity contribution is 5.76. The van der Waals surface area contributed by atoms with Gasteiger partial charge in [-0.2, -0.15) is 0 Å². The highest BCUT2D eigenvalue weighted by Crippen LogP contribution is 2.23. The van der Waals surface area contributed by atoms with Gasteiger partial charge in [0.2, 0.25) is 5.91 Å². The lowest BCUT2D eigenvalue weighted by molar-refractivity contribution is -0.302. The number of hydrogen-bond donors (Lipinski definition) is 6. The Balaban J connectivity index is 2.21. The lowest BCUT2D eigenvalue weighted by Gasteiger charge is -2.40. The van der Waals surface area contributed by atoms with Gasteiger partial charge in [0.05, 0.1) is 32.0 Å². The van der Waals surface area contributed by atoms with Gasteiger partial charge in [-0.15, -0.1) is 0 Å². The molecule has 396 valence electrons. The summed E-state index contributed by atoms with van der Waals surface area (Å²) < 4.78 is 16.6. The Labute approximate surface area is 415 Å². The summed E-state index contributed by atoms with van der Waals surface area (Å²) in [5.74, 6) is -0.258. The molecule has 0 saturated carbocycles. The van der Waals surface area contributed by atoms with Crippen LogP contribution < -0.4 is 5.32 Å². The predicted molar refractivity (Wildman–Crippen MR) is 278 cm³/mol. The first kappa shape index (κ1) is 63.6. The molecule has 11 nitrogen and oxygen atoms in total. The van der Waals surface area contributed by atoms with Crippen molar-refractivity contribution >= 4 is 11.9 Å². The van der Waals surface area contributed by atoms with E-state index in [-0.39, 0.29) is 18.5 Å². The third kappa shape index (κ3) is 36.5. The first-order valence-corrected chi connectivity index (χ1v) is 27.9. The van der Waals surface area contributed by atoms with E-state index in [1.807, 2.05) is 6.08 Å². The van der Waals surface area contributed by atoms with Gasteiger partial charge in [0.15, 0.2) is 6.29 Å². The van der Waals surface area contributed by atoms with E-state index in [1.165, 1.54) is 109 Å². The molecule has 11 heteroatoms. The molecule has 68 heavy (non-hydrogen) atoms. The van der Waals surface area contributed by atoms with E-state index in [0.29, 0.717) is 19.4 Å². The summed E-state index contributed by atoms with van der Waals surface area (Å²) >= 11 is 0. The number of carbonyl (C=O) groups is 2. The van der Waals surface area contributed by atoms with Gasteiger partial charge in [-0.25, -0.2) is 0 Å². The van der Waals surface area contributed by atoms with E-state index >= 15 is 0 Å². The number of carbonyl (C=O) groups excluding carboxylic acids is 2. The van der Waals surface area contributed by atoms with Crippen LogP contribution in [0.4, 0.5) is 0 Å². The second-order valence-electron chi connectivity index (χ2n) is 19.3. The van der Waals surface area contributed by atoms with Crippen molar-refractivity contribution in [3.05, 3.63) is 48.6 Å². The van der Waals surface area contributed by atoms with Crippen molar-refractivity contribution in [2.24, 2.45) is 0 Å². The number of esters is 1. The molecule has 7 unspecified atom stereocenters. The summed E-state index contributed by atoms with van der Waals surface area (Å²) in [5.41, 5.74) is 0. The smallest absolute Gasteiger partial charge is 0.305 e. The van der Waals surface area contributed by atoms with Crippen LogP contribution in [-0.2, 0) is 23.8 Å². The maximum absolute atomic E-state index is 13.0. The van der Waals surface area contributed by atoms with Crippen molar-refractivity contribution in [2.75, 3.05) is 19.8 Å². The van der Waals surface area contributed by atoms with Crippen molar-refractivity contribution in [1.82, 2.24) is 5.32 Å². The average molecular weight is 962 g/mol. The third-order valence-electron chi connectivity index (χ3n) is 12.9. The number of unbranched alkanes of at least 4 members (excludes halogenated alkanes) is 28. The average Bonchev–Trinajstić information content (AvgIpc) is 3.33. The van der Waals surface area contributed by atoms with Crippen molar-refractivity contribution < 1.29 is 49.3 Å². The van der Waals surface area contributed by atoms with Crippen LogP contribution in [0.1, 0.15) is 239 Å².